The van der Waals surface area contributed by atoms with E-state index >= 15 is 0 Å². The lowest BCUT2D eigenvalue weighted by Crippen LogP contribution is -2.03. The highest BCUT2D eigenvalue weighted by atomic mass is 19.4. The van der Waals surface area contributed by atoms with E-state index in [1.807, 2.05) is 6.07 Å². The third-order valence-electron chi connectivity index (χ3n) is 3.79. The number of benzene rings is 2. The van der Waals surface area contributed by atoms with Crippen LogP contribution < -0.4 is 0 Å². The van der Waals surface area contributed by atoms with Crippen molar-refractivity contribution in [3.8, 4) is 11.3 Å². The molecule has 1 aromatic heterocycles. The number of alkyl halides is 3. The molecule has 0 aliphatic carbocycles. The van der Waals surface area contributed by atoms with Gasteiger partial charge in [0.15, 0.2) is 5.76 Å². The summed E-state index contributed by atoms with van der Waals surface area (Å²) in [4.78, 5) is 11.6. The van der Waals surface area contributed by atoms with Crippen molar-refractivity contribution >= 4 is 5.97 Å². The first-order chi connectivity index (χ1) is 12.4. The Morgan fingerprint density at radius 3 is 2.50 bits per heavy atom. The molecule has 7 heteroatoms. The van der Waals surface area contributed by atoms with Crippen LogP contribution in [0.3, 0.4) is 0 Å². The molecule has 0 aliphatic heterocycles. The predicted molar refractivity (Wildman–Crippen MR) is 87.5 cm³/mol. The minimum Gasteiger partial charge on any atom is -0.465 e. The fourth-order valence-electron chi connectivity index (χ4n) is 2.49. The molecule has 2 aromatic carbocycles. The van der Waals surface area contributed by atoms with Gasteiger partial charge in [-0.25, -0.2) is 4.79 Å². The number of rotatable bonds is 4. The molecule has 4 nitrogen and oxygen atoms in total. The van der Waals surface area contributed by atoms with Crippen molar-refractivity contribution in [1.29, 1.82) is 0 Å². The van der Waals surface area contributed by atoms with Crippen LogP contribution in [0.2, 0.25) is 0 Å². The first-order valence-electron chi connectivity index (χ1n) is 7.67. The summed E-state index contributed by atoms with van der Waals surface area (Å²) >= 11 is 0. The van der Waals surface area contributed by atoms with E-state index in [-0.39, 0.29) is 0 Å². The third-order valence-corrected chi connectivity index (χ3v) is 3.79. The van der Waals surface area contributed by atoms with Crippen molar-refractivity contribution < 1.29 is 27.2 Å². The van der Waals surface area contributed by atoms with E-state index in [1.54, 1.807) is 24.3 Å². The summed E-state index contributed by atoms with van der Waals surface area (Å²) in [5.74, 6) is -0.0599. The number of hydrogen-bond donors (Lipinski definition) is 0. The lowest BCUT2D eigenvalue weighted by molar-refractivity contribution is -0.137. The minimum atomic E-state index is -4.38. The third kappa shape index (κ3) is 3.93. The fourth-order valence-corrected chi connectivity index (χ4v) is 2.49. The molecule has 3 aromatic rings. The summed E-state index contributed by atoms with van der Waals surface area (Å²) in [5, 5.41) is 3.94. The normalized spacial score (nSPS) is 11.4. The van der Waals surface area contributed by atoms with Crippen LogP contribution >= 0.6 is 0 Å². The summed E-state index contributed by atoms with van der Waals surface area (Å²) < 4.78 is 47.8. The van der Waals surface area contributed by atoms with E-state index in [0.717, 1.165) is 17.7 Å². The largest absolute Gasteiger partial charge is 0.465 e. The Kier molecular flexibility index (Phi) is 4.79. The number of esters is 1. The van der Waals surface area contributed by atoms with Crippen LogP contribution in [0.4, 0.5) is 13.2 Å². The van der Waals surface area contributed by atoms with E-state index in [9.17, 15) is 18.0 Å². The zero-order chi connectivity index (χ0) is 18.7. The van der Waals surface area contributed by atoms with Crippen LogP contribution in [-0.2, 0) is 17.3 Å². The Morgan fingerprint density at radius 1 is 1.12 bits per heavy atom. The van der Waals surface area contributed by atoms with E-state index in [1.165, 1.54) is 19.2 Å². The molecule has 0 atom stereocenters. The van der Waals surface area contributed by atoms with Crippen LogP contribution in [0.5, 0.6) is 0 Å². The van der Waals surface area contributed by atoms with Crippen LogP contribution in [-0.4, -0.2) is 18.2 Å². The highest BCUT2D eigenvalue weighted by molar-refractivity contribution is 5.89. The SMILES string of the molecule is COC(=O)c1cccc(Cc2cc(-c3ccc(C(F)(F)F)cc3)on2)c1. The molecule has 0 saturated carbocycles. The second-order valence-electron chi connectivity index (χ2n) is 5.63. The van der Waals surface area contributed by atoms with Crippen molar-refractivity contribution in [3.63, 3.8) is 0 Å². The topological polar surface area (TPSA) is 52.3 Å². The fraction of sp³-hybridized carbons (Fsp3) is 0.158. The molecule has 1 heterocycles. The Hall–Kier alpha value is -3.09. The summed E-state index contributed by atoms with van der Waals surface area (Å²) in [6, 6.07) is 13.2. The predicted octanol–water partition coefficient (Wildman–Crippen LogP) is 4.74. The molecule has 0 aliphatic rings. The highest BCUT2D eigenvalue weighted by Gasteiger charge is 2.30. The molecule has 0 saturated heterocycles. The van der Waals surface area contributed by atoms with Gasteiger partial charge in [0, 0.05) is 18.1 Å². The molecule has 0 N–H and O–H groups in total. The number of carbonyl (C=O) groups is 1. The van der Waals surface area contributed by atoms with Gasteiger partial charge in [-0.3, -0.25) is 0 Å². The number of halogens is 3. The molecular weight excluding hydrogens is 347 g/mol. The van der Waals surface area contributed by atoms with E-state index in [4.69, 9.17) is 4.52 Å². The van der Waals surface area contributed by atoms with Crippen LogP contribution in [0, 0.1) is 0 Å². The molecule has 0 radical (unpaired) electrons. The Morgan fingerprint density at radius 2 is 1.85 bits per heavy atom. The van der Waals surface area contributed by atoms with Gasteiger partial charge in [-0.2, -0.15) is 13.2 Å². The molecule has 134 valence electrons. The second kappa shape index (κ2) is 7.03. The van der Waals surface area contributed by atoms with E-state index in [0.29, 0.717) is 29.0 Å². The summed E-state index contributed by atoms with van der Waals surface area (Å²) in [5.41, 5.74) is 1.64. The maximum absolute atomic E-state index is 12.6. The zero-order valence-corrected chi connectivity index (χ0v) is 13.7. The van der Waals surface area contributed by atoms with Crippen LogP contribution in [0.25, 0.3) is 11.3 Å². The van der Waals surface area contributed by atoms with Gasteiger partial charge in [0.1, 0.15) is 0 Å². The van der Waals surface area contributed by atoms with E-state index < -0.39 is 17.7 Å². The van der Waals surface area contributed by atoms with Crippen LogP contribution in [0.1, 0.15) is 27.2 Å². The monoisotopic (exact) mass is 361 g/mol. The number of hydrogen-bond acceptors (Lipinski definition) is 4. The molecule has 0 unspecified atom stereocenters. The van der Waals surface area contributed by atoms with Crippen molar-refractivity contribution in [2.75, 3.05) is 7.11 Å². The first kappa shape index (κ1) is 17.7. The molecule has 26 heavy (non-hydrogen) atoms. The van der Waals surface area contributed by atoms with Gasteiger partial charge < -0.3 is 9.26 Å². The Balaban J connectivity index is 1.77. The van der Waals surface area contributed by atoms with Crippen molar-refractivity contribution in [3.05, 3.63) is 77.0 Å². The van der Waals surface area contributed by atoms with Gasteiger partial charge in [-0.15, -0.1) is 0 Å². The van der Waals surface area contributed by atoms with Gasteiger partial charge in [0.2, 0.25) is 0 Å². The standard InChI is InChI=1S/C19H14F3NO3/c1-25-18(24)14-4-2-3-12(9-14)10-16-11-17(26-23-16)13-5-7-15(8-6-13)19(20,21)22/h2-9,11H,10H2,1H3. The minimum absolute atomic E-state index is 0.373. The summed E-state index contributed by atoms with van der Waals surface area (Å²) in [6.07, 6.45) is -3.97. The average Bonchev–Trinajstić information content (AvgIpc) is 3.09. The van der Waals surface area contributed by atoms with Gasteiger partial charge in [0.25, 0.3) is 0 Å². The molecule has 0 amide bonds. The smallest absolute Gasteiger partial charge is 0.416 e. The molecule has 0 bridgehead atoms. The number of aromatic nitrogens is 1. The van der Waals surface area contributed by atoms with E-state index in [2.05, 4.69) is 9.89 Å². The number of ether oxygens (including phenoxy) is 1. The quantitative estimate of drug-likeness (QED) is 0.630. The summed E-state index contributed by atoms with van der Waals surface area (Å²) in [6.45, 7) is 0. The van der Waals surface area contributed by atoms with Gasteiger partial charge in [-0.1, -0.05) is 29.4 Å². The van der Waals surface area contributed by atoms with Crippen LogP contribution in [0.15, 0.2) is 59.1 Å². The summed E-state index contributed by atoms with van der Waals surface area (Å²) in [7, 11) is 1.31. The lowest BCUT2D eigenvalue weighted by atomic mass is 10.1. The zero-order valence-electron chi connectivity index (χ0n) is 13.7. The van der Waals surface area contributed by atoms with Crippen molar-refractivity contribution in [2.45, 2.75) is 12.6 Å². The van der Waals surface area contributed by atoms with Gasteiger partial charge in [-0.05, 0) is 29.8 Å². The van der Waals surface area contributed by atoms with Crippen molar-refractivity contribution in [2.24, 2.45) is 0 Å². The molecule has 0 spiro atoms. The number of methoxy groups -OCH3 is 1. The Bertz CT molecular complexity index is 914. The maximum atomic E-state index is 12.6. The highest BCUT2D eigenvalue weighted by Crippen LogP contribution is 2.31. The second-order valence-corrected chi connectivity index (χ2v) is 5.63. The first-order valence-corrected chi connectivity index (χ1v) is 7.67. The van der Waals surface area contributed by atoms with Gasteiger partial charge >= 0.3 is 12.1 Å². The lowest BCUT2D eigenvalue weighted by Gasteiger charge is -2.06. The van der Waals surface area contributed by atoms with Gasteiger partial charge in [0.05, 0.1) is 23.9 Å². The Labute approximate surface area is 147 Å². The number of carbonyl (C=O) groups excluding carboxylic acids is 1. The number of nitrogens with zero attached hydrogens (tertiary/aromatic N) is 1. The molecule has 0 fully saturated rings. The molecular formula is C19H14F3NO3. The average molecular weight is 361 g/mol. The molecule has 3 rings (SSSR count). The maximum Gasteiger partial charge on any atom is 0.416 e. The van der Waals surface area contributed by atoms with Crippen molar-refractivity contribution in [1.82, 2.24) is 5.16 Å².